The number of nitrogens with one attached hydrogen (secondary N) is 1. The summed E-state index contributed by atoms with van der Waals surface area (Å²) in [5.74, 6) is 0.905. The van der Waals surface area contributed by atoms with E-state index in [2.05, 4.69) is 9.93 Å². The molecule has 0 unspecified atom stereocenters. The van der Waals surface area contributed by atoms with Crippen LogP contribution in [0.25, 0.3) is 0 Å². The van der Waals surface area contributed by atoms with Gasteiger partial charge in [0.2, 0.25) is 0 Å². The number of nitrogens with zero attached hydrogens (tertiary/aromatic N) is 1. The smallest absolute Gasteiger partial charge is 0.276 e. The van der Waals surface area contributed by atoms with Crippen molar-refractivity contribution in [2.24, 2.45) is 5.10 Å². The van der Waals surface area contributed by atoms with Gasteiger partial charge < -0.3 is 9.47 Å². The molecule has 6 nitrogen and oxygen atoms in total. The first kappa shape index (κ1) is 20.1. The van der Waals surface area contributed by atoms with Crippen molar-refractivity contribution in [3.63, 3.8) is 0 Å². The molecule has 2 rings (SSSR count). The first-order chi connectivity index (χ1) is 12.4. The second kappa shape index (κ2) is 8.91. The van der Waals surface area contributed by atoms with Crippen LogP contribution in [0.5, 0.6) is 11.5 Å². The maximum Gasteiger partial charge on any atom is 0.276 e. The molecule has 0 saturated carbocycles. The fourth-order valence-electron chi connectivity index (χ4n) is 2.10. The van der Waals surface area contributed by atoms with Crippen LogP contribution in [0.3, 0.4) is 0 Å². The van der Waals surface area contributed by atoms with Crippen molar-refractivity contribution in [2.45, 2.75) is 25.2 Å². The fraction of sp³-hybridized carbons (Fsp3) is 0.278. The Morgan fingerprint density at radius 3 is 2.54 bits per heavy atom. The zero-order valence-electron chi connectivity index (χ0n) is 14.8. The van der Waals surface area contributed by atoms with E-state index in [1.54, 1.807) is 24.3 Å². The van der Waals surface area contributed by atoms with Crippen molar-refractivity contribution in [3.8, 4) is 11.5 Å². The average Bonchev–Trinajstić information content (AvgIpc) is 2.60. The number of hydrogen-bond acceptors (Lipinski definition) is 5. The van der Waals surface area contributed by atoms with Crippen molar-refractivity contribution < 1.29 is 17.9 Å². The number of methoxy groups -OCH3 is 1. The molecule has 0 aliphatic rings. The van der Waals surface area contributed by atoms with E-state index in [0.717, 1.165) is 12.0 Å². The highest BCUT2D eigenvalue weighted by atomic mass is 35.5. The Balaban J connectivity index is 2.17. The molecule has 0 fully saturated rings. The first-order valence-corrected chi connectivity index (χ1v) is 9.85. The summed E-state index contributed by atoms with van der Waals surface area (Å²) in [5.41, 5.74) is 1.54. The lowest BCUT2D eigenvalue weighted by molar-refractivity contribution is 0.294. The third-order valence-electron chi connectivity index (χ3n) is 3.42. The fourth-order valence-corrected chi connectivity index (χ4v) is 3.16. The monoisotopic (exact) mass is 396 g/mol. The van der Waals surface area contributed by atoms with E-state index in [9.17, 15) is 8.42 Å². The Hall–Kier alpha value is -2.25. The van der Waals surface area contributed by atoms with Crippen LogP contribution < -0.4 is 14.3 Å². The molecule has 0 atom stereocenters. The summed E-state index contributed by atoms with van der Waals surface area (Å²) in [4.78, 5) is 2.31. The highest BCUT2D eigenvalue weighted by Crippen LogP contribution is 2.36. The predicted octanol–water partition coefficient (Wildman–Crippen LogP) is 3.76. The number of hydrogen-bond donors (Lipinski definition) is 1. The number of halogens is 1. The quantitative estimate of drug-likeness (QED) is 0.544. The van der Waals surface area contributed by atoms with Gasteiger partial charge in [0.25, 0.3) is 10.0 Å². The topological polar surface area (TPSA) is 77.0 Å². The Labute approximate surface area is 158 Å². The van der Waals surface area contributed by atoms with Gasteiger partial charge in [-0.05, 0) is 43.2 Å². The number of ether oxygens (including phenoxy) is 2. The van der Waals surface area contributed by atoms with E-state index in [0.29, 0.717) is 28.7 Å². The van der Waals surface area contributed by atoms with E-state index in [-0.39, 0.29) is 4.90 Å². The molecular formula is C18H21ClN2O4S. The van der Waals surface area contributed by atoms with E-state index in [1.165, 1.54) is 25.5 Å². The molecule has 0 radical (unpaired) electrons. The van der Waals surface area contributed by atoms with Gasteiger partial charge in [-0.25, -0.2) is 4.83 Å². The zero-order chi connectivity index (χ0) is 19.2. The molecule has 0 aromatic heterocycles. The Morgan fingerprint density at radius 2 is 1.92 bits per heavy atom. The summed E-state index contributed by atoms with van der Waals surface area (Å²) >= 11 is 6.22. The summed E-state index contributed by atoms with van der Waals surface area (Å²) in [6.45, 7) is 4.38. The summed E-state index contributed by atoms with van der Waals surface area (Å²) < 4.78 is 35.3. The Morgan fingerprint density at radius 1 is 1.23 bits per heavy atom. The van der Waals surface area contributed by atoms with Crippen LogP contribution in [-0.4, -0.2) is 28.3 Å². The average molecular weight is 397 g/mol. The molecule has 26 heavy (non-hydrogen) atoms. The predicted molar refractivity (Wildman–Crippen MR) is 103 cm³/mol. The molecular weight excluding hydrogens is 376 g/mol. The van der Waals surface area contributed by atoms with Crippen LogP contribution in [0.4, 0.5) is 0 Å². The number of aryl methyl sites for hydroxylation is 1. The second-order valence-electron chi connectivity index (χ2n) is 5.55. The number of rotatable bonds is 8. The van der Waals surface area contributed by atoms with Gasteiger partial charge in [0.05, 0.1) is 29.8 Å². The van der Waals surface area contributed by atoms with Crippen molar-refractivity contribution in [3.05, 3.63) is 52.5 Å². The van der Waals surface area contributed by atoms with E-state index in [1.807, 2.05) is 13.8 Å². The largest absolute Gasteiger partial charge is 0.493 e. The highest BCUT2D eigenvalue weighted by molar-refractivity contribution is 7.89. The maximum atomic E-state index is 12.2. The third kappa shape index (κ3) is 5.12. The van der Waals surface area contributed by atoms with E-state index in [4.69, 9.17) is 21.1 Å². The lowest BCUT2D eigenvalue weighted by atomic mass is 10.2. The normalized spacial score (nSPS) is 11.5. The summed E-state index contributed by atoms with van der Waals surface area (Å²) in [6, 6.07) is 9.77. The van der Waals surface area contributed by atoms with Gasteiger partial charge in [-0.15, -0.1) is 0 Å². The van der Waals surface area contributed by atoms with Crippen LogP contribution in [0.15, 0.2) is 46.4 Å². The summed E-state index contributed by atoms with van der Waals surface area (Å²) in [5, 5.41) is 4.16. The minimum Gasteiger partial charge on any atom is -0.493 e. The van der Waals surface area contributed by atoms with Crippen LogP contribution in [-0.2, 0) is 10.0 Å². The molecule has 140 valence electrons. The molecule has 0 aliphatic carbocycles. The molecule has 0 aliphatic heterocycles. The number of benzene rings is 2. The first-order valence-electron chi connectivity index (χ1n) is 7.99. The van der Waals surface area contributed by atoms with E-state index < -0.39 is 10.0 Å². The minimum atomic E-state index is -3.73. The minimum absolute atomic E-state index is 0.138. The lowest BCUT2D eigenvalue weighted by Crippen LogP contribution is -2.18. The van der Waals surface area contributed by atoms with Gasteiger partial charge in [0.1, 0.15) is 0 Å². The third-order valence-corrected chi connectivity index (χ3v) is 4.94. The molecule has 2 aromatic carbocycles. The van der Waals surface area contributed by atoms with Crippen LogP contribution >= 0.6 is 11.6 Å². The zero-order valence-corrected chi connectivity index (χ0v) is 16.4. The van der Waals surface area contributed by atoms with Crippen molar-refractivity contribution >= 4 is 27.8 Å². The van der Waals surface area contributed by atoms with Crippen molar-refractivity contribution in [1.29, 1.82) is 0 Å². The molecule has 0 spiro atoms. The Bertz CT molecular complexity index is 881. The van der Waals surface area contributed by atoms with Gasteiger partial charge in [-0.3, -0.25) is 0 Å². The highest BCUT2D eigenvalue weighted by Gasteiger charge is 2.13. The van der Waals surface area contributed by atoms with Gasteiger partial charge in [0, 0.05) is 0 Å². The van der Waals surface area contributed by atoms with Crippen molar-refractivity contribution in [1.82, 2.24) is 4.83 Å². The van der Waals surface area contributed by atoms with E-state index >= 15 is 0 Å². The molecule has 2 aromatic rings. The maximum absolute atomic E-state index is 12.2. The number of hydrazone groups is 1. The standard InChI is InChI=1S/C18H21ClN2O4S/c1-4-9-25-18-16(19)10-14(11-17(18)24-3)12-20-21-26(22,23)15-7-5-13(2)6-8-15/h5-8,10-12,21H,4,9H2,1-3H3/b20-12-. The number of sulfonamides is 1. The van der Waals surface area contributed by atoms with Gasteiger partial charge >= 0.3 is 0 Å². The summed E-state index contributed by atoms with van der Waals surface area (Å²) in [6.07, 6.45) is 2.19. The summed E-state index contributed by atoms with van der Waals surface area (Å²) in [7, 11) is -2.22. The molecule has 8 heteroatoms. The van der Waals surface area contributed by atoms with Gasteiger partial charge in [-0.1, -0.05) is 36.2 Å². The second-order valence-corrected chi connectivity index (χ2v) is 7.62. The van der Waals surface area contributed by atoms with Crippen LogP contribution in [0.1, 0.15) is 24.5 Å². The molecule has 0 heterocycles. The van der Waals surface area contributed by atoms with Crippen molar-refractivity contribution in [2.75, 3.05) is 13.7 Å². The van der Waals surface area contributed by atoms with Crippen LogP contribution in [0, 0.1) is 6.92 Å². The molecule has 1 N–H and O–H groups in total. The molecule has 0 bridgehead atoms. The molecule has 0 amide bonds. The Kier molecular flexibility index (Phi) is 6.88. The van der Waals surface area contributed by atoms with Gasteiger partial charge in [0.15, 0.2) is 11.5 Å². The SMILES string of the molecule is CCCOc1c(Cl)cc(/C=N\NS(=O)(=O)c2ccc(C)cc2)cc1OC. The van der Waals surface area contributed by atoms with Gasteiger partial charge in [-0.2, -0.15) is 13.5 Å². The lowest BCUT2D eigenvalue weighted by Gasteiger charge is -2.12. The molecule has 0 saturated heterocycles. The van der Waals surface area contributed by atoms with Crippen LogP contribution in [0.2, 0.25) is 5.02 Å².